The molecule has 12 heteroatoms. The Morgan fingerprint density at radius 2 is 1.73 bits per heavy atom. The number of nitrogens with zero attached hydrogens (tertiary/aromatic N) is 1. The fraction of sp³-hybridized carbons (Fsp3) is 0.143. The molecule has 26 heavy (non-hydrogen) atoms. The van der Waals surface area contributed by atoms with E-state index in [-0.39, 0.29) is 4.90 Å². The minimum Gasteiger partial charge on any atom is -0.343 e. The summed E-state index contributed by atoms with van der Waals surface area (Å²) in [5.41, 5.74) is 2.06. The number of aryl methyl sites for hydroxylation is 1. The highest BCUT2D eigenvalue weighted by Gasteiger charge is 2.16. The lowest BCUT2D eigenvalue weighted by Gasteiger charge is -2.10. The van der Waals surface area contributed by atoms with E-state index >= 15 is 0 Å². The first-order valence-electron chi connectivity index (χ1n) is 7.09. The first-order chi connectivity index (χ1) is 12.0. The van der Waals surface area contributed by atoms with E-state index in [9.17, 15) is 26.4 Å². The zero-order chi connectivity index (χ0) is 19.5. The highest BCUT2D eigenvalue weighted by Crippen LogP contribution is 2.09. The summed E-state index contributed by atoms with van der Waals surface area (Å²) < 4.78 is 47.8. The molecule has 0 unspecified atom stereocenters. The van der Waals surface area contributed by atoms with Crippen LogP contribution in [0.1, 0.15) is 5.56 Å². The van der Waals surface area contributed by atoms with Gasteiger partial charge in [-0.1, -0.05) is 17.7 Å². The Kier molecular flexibility index (Phi) is 5.61. The minimum atomic E-state index is -4.24. The molecule has 2 rings (SSSR count). The van der Waals surface area contributed by atoms with Crippen LogP contribution < -0.4 is 20.8 Å². The zero-order valence-corrected chi connectivity index (χ0v) is 15.2. The first kappa shape index (κ1) is 19.8. The first-order valence-corrected chi connectivity index (χ1v) is 10.1. The fourth-order valence-corrected chi connectivity index (χ4v) is 3.41. The van der Waals surface area contributed by atoms with Gasteiger partial charge in [0, 0.05) is 18.5 Å². The van der Waals surface area contributed by atoms with Gasteiger partial charge in [0.2, 0.25) is 15.5 Å². The molecule has 140 valence electrons. The van der Waals surface area contributed by atoms with E-state index in [0.717, 1.165) is 22.4 Å². The third-order valence-corrected chi connectivity index (χ3v) is 5.42. The number of primary sulfonamides is 1. The van der Waals surface area contributed by atoms with E-state index in [4.69, 9.17) is 5.14 Å². The molecule has 0 saturated carbocycles. The molecule has 1 amide bonds. The van der Waals surface area contributed by atoms with Crippen molar-refractivity contribution < 1.29 is 21.6 Å². The summed E-state index contributed by atoms with van der Waals surface area (Å²) in [6.07, 6.45) is 2.07. The third-order valence-electron chi connectivity index (χ3n) is 3.23. The maximum absolute atomic E-state index is 12.1. The molecule has 1 aromatic carbocycles. The maximum Gasteiger partial charge on any atom is 0.257 e. The van der Waals surface area contributed by atoms with Crippen molar-refractivity contribution in [2.75, 3.05) is 0 Å². The number of rotatable bonds is 6. The van der Waals surface area contributed by atoms with E-state index in [0.29, 0.717) is 0 Å². The Morgan fingerprint density at radius 1 is 1.12 bits per heavy atom. The molecular weight excluding hydrogens is 384 g/mol. The number of hydrazine groups is 1. The van der Waals surface area contributed by atoms with Crippen molar-refractivity contribution in [3.05, 3.63) is 58.5 Å². The Balaban J connectivity index is 2.08. The lowest BCUT2D eigenvalue weighted by molar-refractivity contribution is -0.122. The van der Waals surface area contributed by atoms with Crippen LogP contribution >= 0.6 is 0 Å². The highest BCUT2D eigenvalue weighted by atomic mass is 32.2. The minimum absolute atomic E-state index is 0.0386. The average molecular weight is 400 g/mol. The standard InChI is InChI=1S/C14H16N4O6S2/c1-10-2-4-11(5-3-10)26(23,24)17-16-14(20)9-18-7-6-12(19)13(8-18)25(15,21)22/h2-8,17H,9H2,1H3,(H,16,20)(H2,15,21,22). The van der Waals surface area contributed by atoms with Gasteiger partial charge in [-0.05, 0) is 19.1 Å². The van der Waals surface area contributed by atoms with E-state index < -0.39 is 42.8 Å². The van der Waals surface area contributed by atoms with Crippen LogP contribution in [0.15, 0.2) is 57.3 Å². The number of hydrogen-bond acceptors (Lipinski definition) is 6. The fourth-order valence-electron chi connectivity index (χ4n) is 1.92. The predicted molar refractivity (Wildman–Crippen MR) is 91.7 cm³/mol. The van der Waals surface area contributed by atoms with E-state index in [1.807, 2.05) is 10.3 Å². The topological polar surface area (TPSA) is 157 Å². The van der Waals surface area contributed by atoms with E-state index in [2.05, 4.69) is 0 Å². The summed E-state index contributed by atoms with van der Waals surface area (Å²) >= 11 is 0. The lowest BCUT2D eigenvalue weighted by Crippen LogP contribution is -2.43. The number of carbonyl (C=O) groups is 1. The van der Waals surface area contributed by atoms with Gasteiger partial charge in [0.1, 0.15) is 11.4 Å². The number of pyridine rings is 1. The second kappa shape index (κ2) is 7.37. The molecule has 10 nitrogen and oxygen atoms in total. The number of benzene rings is 1. The van der Waals surface area contributed by atoms with E-state index in [1.54, 1.807) is 19.1 Å². The molecular formula is C14H16N4O6S2. The van der Waals surface area contributed by atoms with Crippen molar-refractivity contribution in [3.63, 3.8) is 0 Å². The van der Waals surface area contributed by atoms with Crippen molar-refractivity contribution in [2.45, 2.75) is 23.3 Å². The second-order valence-corrected chi connectivity index (χ2v) is 8.57. The number of nitrogens with one attached hydrogen (secondary N) is 2. The van der Waals surface area contributed by atoms with Gasteiger partial charge in [-0.3, -0.25) is 15.0 Å². The number of amides is 1. The van der Waals surface area contributed by atoms with Gasteiger partial charge in [0.05, 0.1) is 4.90 Å². The van der Waals surface area contributed by atoms with Crippen LogP contribution in [0.3, 0.4) is 0 Å². The summed E-state index contributed by atoms with van der Waals surface area (Å²) in [5.74, 6) is -0.787. The van der Waals surface area contributed by atoms with Crippen molar-refractivity contribution in [3.8, 4) is 0 Å². The quantitative estimate of drug-likeness (QED) is 0.518. The van der Waals surface area contributed by atoms with Crippen LogP contribution in [0, 0.1) is 6.92 Å². The molecule has 0 atom stereocenters. The van der Waals surface area contributed by atoms with Gasteiger partial charge in [0.25, 0.3) is 15.9 Å². The molecule has 2 aromatic rings. The summed E-state index contributed by atoms with van der Waals surface area (Å²) in [6, 6.07) is 6.90. The zero-order valence-electron chi connectivity index (χ0n) is 13.5. The summed E-state index contributed by atoms with van der Waals surface area (Å²) in [5, 5.41) is 4.91. The molecule has 4 N–H and O–H groups in total. The van der Waals surface area contributed by atoms with Crippen LogP contribution in [0.5, 0.6) is 0 Å². The van der Waals surface area contributed by atoms with E-state index in [1.165, 1.54) is 18.3 Å². The molecule has 1 heterocycles. The molecule has 0 radical (unpaired) electrons. The largest absolute Gasteiger partial charge is 0.343 e. The molecule has 0 aliphatic heterocycles. The normalized spacial score (nSPS) is 11.9. The molecule has 0 spiro atoms. The van der Waals surface area contributed by atoms with Crippen molar-refractivity contribution in [1.82, 2.24) is 14.8 Å². The number of hydrogen-bond donors (Lipinski definition) is 3. The monoisotopic (exact) mass is 400 g/mol. The Labute approximate surface area is 149 Å². The Morgan fingerprint density at radius 3 is 2.31 bits per heavy atom. The number of nitrogens with two attached hydrogens (primary N) is 1. The van der Waals surface area contributed by atoms with Gasteiger partial charge in [-0.2, -0.15) is 0 Å². The molecule has 0 aliphatic rings. The number of aromatic nitrogens is 1. The summed E-state index contributed by atoms with van der Waals surface area (Å²) in [4.78, 5) is 24.6. The summed E-state index contributed by atoms with van der Waals surface area (Å²) in [6.45, 7) is 1.35. The van der Waals surface area contributed by atoms with Crippen molar-refractivity contribution in [2.24, 2.45) is 5.14 Å². The smallest absolute Gasteiger partial charge is 0.257 e. The van der Waals surface area contributed by atoms with Gasteiger partial charge in [-0.25, -0.2) is 22.0 Å². The van der Waals surface area contributed by atoms with Gasteiger partial charge in [-0.15, -0.1) is 4.83 Å². The molecule has 0 bridgehead atoms. The van der Waals surface area contributed by atoms with Crippen LogP contribution in [0.2, 0.25) is 0 Å². The van der Waals surface area contributed by atoms with Crippen molar-refractivity contribution in [1.29, 1.82) is 0 Å². The van der Waals surface area contributed by atoms with Crippen molar-refractivity contribution >= 4 is 26.0 Å². The number of sulfonamides is 2. The van der Waals surface area contributed by atoms with Crippen LogP contribution in [0.25, 0.3) is 0 Å². The molecule has 0 fully saturated rings. The number of carbonyl (C=O) groups excluding carboxylic acids is 1. The van der Waals surface area contributed by atoms with Gasteiger partial charge < -0.3 is 4.57 Å². The molecule has 1 aromatic heterocycles. The van der Waals surface area contributed by atoms with Gasteiger partial charge in [0.15, 0.2) is 0 Å². The average Bonchev–Trinajstić information content (AvgIpc) is 2.54. The second-order valence-electron chi connectivity index (χ2n) is 5.36. The predicted octanol–water partition coefficient (Wildman–Crippen LogP) is -1.19. The van der Waals surface area contributed by atoms with Crippen LogP contribution in [-0.2, 0) is 31.4 Å². The molecule has 0 aliphatic carbocycles. The Bertz CT molecular complexity index is 1090. The van der Waals surface area contributed by atoms with Crippen LogP contribution in [0.4, 0.5) is 0 Å². The third kappa shape index (κ3) is 4.98. The maximum atomic E-state index is 12.1. The summed E-state index contributed by atoms with van der Waals surface area (Å²) in [7, 11) is -8.20. The highest BCUT2D eigenvalue weighted by molar-refractivity contribution is 7.89. The lowest BCUT2D eigenvalue weighted by atomic mass is 10.2. The van der Waals surface area contributed by atoms with Crippen LogP contribution in [-0.4, -0.2) is 27.3 Å². The van der Waals surface area contributed by atoms with Gasteiger partial charge >= 0.3 is 0 Å². The Hall–Kier alpha value is -2.54. The SMILES string of the molecule is Cc1ccc(S(=O)(=O)NNC(=O)Cn2ccc(=O)c(S(N)(=O)=O)c2)cc1. The molecule has 0 saturated heterocycles.